The monoisotopic (exact) mass is 505 g/mol. The molecular weight excluding hydrogens is 470 g/mol. The first-order valence-corrected chi connectivity index (χ1v) is 14.2. The number of nitrogens with zero attached hydrogens (tertiary/aromatic N) is 1. The zero-order valence-corrected chi connectivity index (χ0v) is 22.2. The fourth-order valence-corrected chi connectivity index (χ4v) is 6.03. The molecule has 0 atom stereocenters. The SMILES string of the molecule is CCc1ccc2oc(Cc3ccccc3)c(S(=O)(=O)c3ccc(OCCCN(CC)CC)cc3)c2c1. The number of hydrogen-bond donors (Lipinski definition) is 0. The fraction of sp³-hybridized carbons (Fsp3) is 0.333. The highest BCUT2D eigenvalue weighted by Gasteiger charge is 2.28. The Hall–Kier alpha value is -3.09. The van der Waals surface area contributed by atoms with Gasteiger partial charge in [0.15, 0.2) is 0 Å². The second-order valence-corrected chi connectivity index (χ2v) is 10.8. The van der Waals surface area contributed by atoms with Crippen molar-refractivity contribution in [2.45, 2.75) is 49.8 Å². The summed E-state index contributed by atoms with van der Waals surface area (Å²) < 4.78 is 39.8. The second kappa shape index (κ2) is 11.8. The molecule has 1 heterocycles. The van der Waals surface area contributed by atoms with Crippen LogP contribution in [0.2, 0.25) is 0 Å². The van der Waals surface area contributed by atoms with Crippen LogP contribution in [-0.2, 0) is 22.7 Å². The van der Waals surface area contributed by atoms with Crippen LogP contribution in [0.3, 0.4) is 0 Å². The Labute approximate surface area is 214 Å². The summed E-state index contributed by atoms with van der Waals surface area (Å²) >= 11 is 0. The molecule has 0 aliphatic rings. The zero-order valence-electron chi connectivity index (χ0n) is 21.4. The van der Waals surface area contributed by atoms with Gasteiger partial charge in [-0.3, -0.25) is 0 Å². The Morgan fingerprint density at radius 3 is 2.25 bits per heavy atom. The molecule has 0 N–H and O–H groups in total. The summed E-state index contributed by atoms with van der Waals surface area (Å²) in [7, 11) is -3.81. The molecule has 0 saturated heterocycles. The number of benzene rings is 3. The molecule has 0 fully saturated rings. The maximum atomic E-state index is 13.9. The number of rotatable bonds is 12. The fourth-order valence-electron chi connectivity index (χ4n) is 4.44. The van der Waals surface area contributed by atoms with Crippen LogP contribution in [0.5, 0.6) is 5.75 Å². The lowest BCUT2D eigenvalue weighted by molar-refractivity contribution is 0.249. The zero-order chi connectivity index (χ0) is 25.5. The predicted molar refractivity (Wildman–Crippen MR) is 145 cm³/mol. The smallest absolute Gasteiger partial charge is 0.210 e. The van der Waals surface area contributed by atoms with Crippen LogP contribution in [0.25, 0.3) is 11.0 Å². The first-order valence-electron chi connectivity index (χ1n) is 12.7. The lowest BCUT2D eigenvalue weighted by atomic mass is 10.1. The van der Waals surface area contributed by atoms with Gasteiger partial charge in [0, 0.05) is 18.4 Å². The van der Waals surface area contributed by atoms with Gasteiger partial charge in [-0.15, -0.1) is 0 Å². The number of fused-ring (bicyclic) bond motifs is 1. The summed E-state index contributed by atoms with van der Waals surface area (Å²) in [5.74, 6) is 1.13. The number of ether oxygens (including phenoxy) is 1. The molecule has 6 heteroatoms. The molecule has 3 aromatic carbocycles. The van der Waals surface area contributed by atoms with E-state index in [0.29, 0.717) is 35.5 Å². The lowest BCUT2D eigenvalue weighted by Gasteiger charge is -2.17. The van der Waals surface area contributed by atoms with Gasteiger partial charge in [0.25, 0.3) is 0 Å². The number of furan rings is 1. The number of hydrogen-bond acceptors (Lipinski definition) is 5. The van der Waals surface area contributed by atoms with E-state index in [4.69, 9.17) is 9.15 Å². The van der Waals surface area contributed by atoms with Crippen molar-refractivity contribution in [1.29, 1.82) is 0 Å². The van der Waals surface area contributed by atoms with Gasteiger partial charge >= 0.3 is 0 Å². The Morgan fingerprint density at radius 1 is 0.861 bits per heavy atom. The van der Waals surface area contributed by atoms with E-state index < -0.39 is 9.84 Å². The van der Waals surface area contributed by atoms with Crippen LogP contribution < -0.4 is 4.74 Å². The van der Waals surface area contributed by atoms with Crippen molar-refractivity contribution >= 4 is 20.8 Å². The van der Waals surface area contributed by atoms with Gasteiger partial charge in [0.2, 0.25) is 9.84 Å². The molecule has 4 aromatic rings. The van der Waals surface area contributed by atoms with Crippen LogP contribution >= 0.6 is 0 Å². The normalized spacial score (nSPS) is 11.9. The minimum atomic E-state index is -3.81. The summed E-state index contributed by atoms with van der Waals surface area (Å²) in [6, 6.07) is 22.3. The molecule has 0 unspecified atom stereocenters. The first-order chi connectivity index (χ1) is 17.5. The minimum absolute atomic E-state index is 0.233. The molecule has 4 rings (SSSR count). The third-order valence-corrected chi connectivity index (χ3v) is 8.45. The Kier molecular flexibility index (Phi) is 8.49. The van der Waals surface area contributed by atoms with Gasteiger partial charge in [-0.2, -0.15) is 0 Å². The van der Waals surface area contributed by atoms with Crippen LogP contribution in [0.4, 0.5) is 0 Å². The number of aryl methyl sites for hydroxylation is 1. The van der Waals surface area contributed by atoms with E-state index in [1.807, 2.05) is 48.5 Å². The molecule has 36 heavy (non-hydrogen) atoms. The molecule has 0 saturated carbocycles. The molecule has 0 aliphatic heterocycles. The van der Waals surface area contributed by atoms with E-state index in [2.05, 4.69) is 25.7 Å². The van der Waals surface area contributed by atoms with Crippen molar-refractivity contribution in [3.8, 4) is 5.75 Å². The molecule has 0 amide bonds. The van der Waals surface area contributed by atoms with Crippen molar-refractivity contribution < 1.29 is 17.6 Å². The maximum absolute atomic E-state index is 13.9. The highest BCUT2D eigenvalue weighted by Crippen LogP contribution is 2.36. The van der Waals surface area contributed by atoms with Gasteiger partial charge in [-0.25, -0.2) is 8.42 Å². The molecule has 190 valence electrons. The van der Waals surface area contributed by atoms with Gasteiger partial charge in [-0.05, 0) is 73.5 Å². The summed E-state index contributed by atoms with van der Waals surface area (Å²) in [5.41, 5.74) is 2.65. The van der Waals surface area contributed by atoms with Gasteiger partial charge in [0.1, 0.15) is 22.0 Å². The topological polar surface area (TPSA) is 59.8 Å². The standard InChI is InChI=1S/C30H35NO4S/c1-4-23-13-18-28-27(21-23)30(29(35-28)22-24-11-8-7-9-12-24)36(32,33)26-16-14-25(15-17-26)34-20-10-19-31(5-2)6-3/h7-9,11-18,21H,4-6,10,19-20,22H2,1-3H3. The van der Waals surface area contributed by atoms with Crippen molar-refractivity contribution in [1.82, 2.24) is 4.90 Å². The average molecular weight is 506 g/mol. The highest BCUT2D eigenvalue weighted by molar-refractivity contribution is 7.91. The van der Waals surface area contributed by atoms with Crippen molar-refractivity contribution in [3.05, 3.63) is 89.7 Å². The van der Waals surface area contributed by atoms with E-state index in [9.17, 15) is 8.42 Å². The van der Waals surface area contributed by atoms with Gasteiger partial charge in [0.05, 0.1) is 11.5 Å². The molecule has 5 nitrogen and oxygen atoms in total. The molecule has 0 spiro atoms. The summed E-state index contributed by atoms with van der Waals surface area (Å²) in [4.78, 5) is 2.84. The van der Waals surface area contributed by atoms with Crippen molar-refractivity contribution in [2.75, 3.05) is 26.2 Å². The molecule has 1 aromatic heterocycles. The average Bonchev–Trinajstić information content (AvgIpc) is 3.27. The molecule has 0 bridgehead atoms. The van der Waals surface area contributed by atoms with Crippen LogP contribution in [-0.4, -0.2) is 39.6 Å². The predicted octanol–water partition coefficient (Wildman–Crippen LogP) is 6.53. The highest BCUT2D eigenvalue weighted by atomic mass is 32.2. The van der Waals surface area contributed by atoms with Crippen molar-refractivity contribution in [2.24, 2.45) is 0 Å². The third-order valence-electron chi connectivity index (χ3n) is 6.58. The second-order valence-electron chi connectivity index (χ2n) is 8.90. The molecular formula is C30H35NO4S. The summed E-state index contributed by atoms with van der Waals surface area (Å²) in [6.07, 6.45) is 2.14. The Balaban J connectivity index is 1.62. The van der Waals surface area contributed by atoms with Gasteiger partial charge < -0.3 is 14.1 Å². The van der Waals surface area contributed by atoms with E-state index >= 15 is 0 Å². The quantitative estimate of drug-likeness (QED) is 0.205. The minimum Gasteiger partial charge on any atom is -0.494 e. The van der Waals surface area contributed by atoms with Gasteiger partial charge in [-0.1, -0.05) is 57.2 Å². The van der Waals surface area contributed by atoms with E-state index in [0.717, 1.165) is 43.6 Å². The first kappa shape index (κ1) is 26.0. The largest absolute Gasteiger partial charge is 0.494 e. The van der Waals surface area contributed by atoms with E-state index in [1.54, 1.807) is 24.3 Å². The molecule has 0 radical (unpaired) electrons. The van der Waals surface area contributed by atoms with Crippen molar-refractivity contribution in [3.63, 3.8) is 0 Å². The third kappa shape index (κ3) is 5.82. The van der Waals surface area contributed by atoms with Crippen LogP contribution in [0.1, 0.15) is 44.1 Å². The van der Waals surface area contributed by atoms with Crippen LogP contribution in [0.15, 0.2) is 87.0 Å². The molecule has 0 aliphatic carbocycles. The Morgan fingerprint density at radius 2 is 1.58 bits per heavy atom. The lowest BCUT2D eigenvalue weighted by Crippen LogP contribution is -2.25. The van der Waals surface area contributed by atoms with E-state index in [1.165, 1.54) is 0 Å². The summed E-state index contributed by atoms with van der Waals surface area (Å²) in [5, 5.41) is 0.636. The Bertz CT molecular complexity index is 1370. The van der Waals surface area contributed by atoms with E-state index in [-0.39, 0.29) is 9.79 Å². The summed E-state index contributed by atoms with van der Waals surface area (Å²) in [6.45, 7) is 9.99. The number of sulfone groups is 1. The van der Waals surface area contributed by atoms with Crippen LogP contribution in [0, 0.1) is 0 Å². The maximum Gasteiger partial charge on any atom is 0.210 e.